The monoisotopic (exact) mass is 301 g/mol. The van der Waals surface area contributed by atoms with Crippen LogP contribution in [0.15, 0.2) is 30.3 Å². The molecule has 1 N–H and O–H groups in total. The maximum atomic E-state index is 12.2. The lowest BCUT2D eigenvalue weighted by atomic mass is 10.2. The minimum absolute atomic E-state index is 0.108. The molecule has 0 radical (unpaired) electrons. The molecule has 8 heteroatoms. The topological polar surface area (TPSA) is 101 Å². The van der Waals surface area contributed by atoms with Crippen LogP contribution in [0.4, 0.5) is 0 Å². The maximum absolute atomic E-state index is 12.2. The number of aromatic nitrogens is 4. The molecule has 1 aliphatic heterocycles. The van der Waals surface area contributed by atoms with Gasteiger partial charge in [0.05, 0.1) is 0 Å². The first-order chi connectivity index (χ1) is 10.6. The van der Waals surface area contributed by atoms with Crippen molar-refractivity contribution in [3.05, 3.63) is 30.3 Å². The molecule has 114 valence electrons. The summed E-state index contributed by atoms with van der Waals surface area (Å²) < 4.78 is 0. The molecule has 3 rings (SSSR count). The Morgan fingerprint density at radius 3 is 2.77 bits per heavy atom. The molecule has 1 amide bonds. The van der Waals surface area contributed by atoms with Gasteiger partial charge in [-0.3, -0.25) is 4.79 Å². The average molecular weight is 301 g/mol. The standard InChI is InChI=1S/C14H15N5O3/c20-12(18-8-4-7-11(18)14(21)22)9-19-16-13(15-17-19)10-5-2-1-3-6-10/h1-3,5-6,11H,4,7-9H2,(H,21,22)/t11-/m0/s1. The van der Waals surface area contributed by atoms with E-state index in [4.69, 9.17) is 5.11 Å². The fourth-order valence-corrected chi connectivity index (χ4v) is 2.55. The molecule has 22 heavy (non-hydrogen) atoms. The van der Waals surface area contributed by atoms with Crippen LogP contribution in [0.25, 0.3) is 11.4 Å². The molecule has 0 unspecified atom stereocenters. The quantitative estimate of drug-likeness (QED) is 0.878. The van der Waals surface area contributed by atoms with Gasteiger partial charge in [0.1, 0.15) is 12.6 Å². The van der Waals surface area contributed by atoms with Gasteiger partial charge in [0.2, 0.25) is 11.7 Å². The van der Waals surface area contributed by atoms with Crippen LogP contribution in [-0.4, -0.2) is 54.7 Å². The van der Waals surface area contributed by atoms with Crippen LogP contribution in [0.5, 0.6) is 0 Å². The highest BCUT2D eigenvalue weighted by atomic mass is 16.4. The van der Waals surface area contributed by atoms with Gasteiger partial charge in [-0.05, 0) is 18.1 Å². The third kappa shape index (κ3) is 2.80. The van der Waals surface area contributed by atoms with Gasteiger partial charge in [-0.1, -0.05) is 30.3 Å². The molecule has 0 spiro atoms. The zero-order valence-corrected chi connectivity index (χ0v) is 11.8. The van der Waals surface area contributed by atoms with Gasteiger partial charge in [0.15, 0.2) is 0 Å². The normalized spacial score (nSPS) is 17.6. The minimum atomic E-state index is -0.970. The number of nitrogens with zero attached hydrogens (tertiary/aromatic N) is 5. The summed E-state index contributed by atoms with van der Waals surface area (Å²) in [6, 6.07) is 8.57. The lowest BCUT2D eigenvalue weighted by molar-refractivity contribution is -0.148. The second-order valence-electron chi connectivity index (χ2n) is 5.09. The third-order valence-corrected chi connectivity index (χ3v) is 3.62. The Hall–Kier alpha value is -2.77. The number of aliphatic carboxylic acids is 1. The number of tetrazole rings is 1. The van der Waals surface area contributed by atoms with Crippen molar-refractivity contribution in [1.29, 1.82) is 0 Å². The number of carboxylic acid groups (broad SMARTS) is 1. The van der Waals surface area contributed by atoms with Gasteiger partial charge in [0, 0.05) is 12.1 Å². The van der Waals surface area contributed by atoms with Crippen LogP contribution >= 0.6 is 0 Å². The SMILES string of the molecule is O=C(O)[C@@H]1CCCN1C(=O)Cn1nnc(-c2ccccc2)n1. The fourth-order valence-electron chi connectivity index (χ4n) is 2.55. The number of carbonyl (C=O) groups is 2. The van der Waals surface area contributed by atoms with E-state index < -0.39 is 12.0 Å². The molecular weight excluding hydrogens is 286 g/mol. The van der Waals surface area contributed by atoms with Crippen molar-refractivity contribution in [2.75, 3.05) is 6.54 Å². The zero-order valence-electron chi connectivity index (χ0n) is 11.8. The van der Waals surface area contributed by atoms with Crippen LogP contribution in [0.1, 0.15) is 12.8 Å². The maximum Gasteiger partial charge on any atom is 0.326 e. The minimum Gasteiger partial charge on any atom is -0.480 e. The first-order valence-corrected chi connectivity index (χ1v) is 7.00. The fraction of sp³-hybridized carbons (Fsp3) is 0.357. The van der Waals surface area contributed by atoms with Crippen molar-refractivity contribution in [2.45, 2.75) is 25.4 Å². The van der Waals surface area contributed by atoms with E-state index in [1.165, 1.54) is 9.70 Å². The molecule has 8 nitrogen and oxygen atoms in total. The summed E-state index contributed by atoms with van der Waals surface area (Å²) in [7, 11) is 0. The van der Waals surface area contributed by atoms with E-state index in [0.717, 1.165) is 5.56 Å². The number of hydrogen-bond donors (Lipinski definition) is 1. The lowest BCUT2D eigenvalue weighted by Gasteiger charge is -2.20. The van der Waals surface area contributed by atoms with Crippen molar-refractivity contribution in [3.63, 3.8) is 0 Å². The van der Waals surface area contributed by atoms with Crippen LogP contribution in [-0.2, 0) is 16.1 Å². The second kappa shape index (κ2) is 5.92. The van der Waals surface area contributed by atoms with E-state index in [1.807, 2.05) is 30.3 Å². The lowest BCUT2D eigenvalue weighted by Crippen LogP contribution is -2.42. The summed E-state index contributed by atoms with van der Waals surface area (Å²) in [5.41, 5.74) is 0.811. The molecule has 1 atom stereocenters. The molecule has 1 aliphatic rings. The number of hydrogen-bond acceptors (Lipinski definition) is 5. The first kappa shape index (κ1) is 14.2. The molecule has 0 aliphatic carbocycles. The van der Waals surface area contributed by atoms with Gasteiger partial charge in [-0.25, -0.2) is 4.79 Å². The van der Waals surface area contributed by atoms with Gasteiger partial charge in [0.25, 0.3) is 0 Å². The molecule has 1 aromatic carbocycles. The Labute approximate surface area is 126 Å². The van der Waals surface area contributed by atoms with Crippen molar-refractivity contribution >= 4 is 11.9 Å². The summed E-state index contributed by atoms with van der Waals surface area (Å²) >= 11 is 0. The number of rotatable bonds is 4. The van der Waals surface area contributed by atoms with Crippen molar-refractivity contribution in [1.82, 2.24) is 25.1 Å². The summed E-state index contributed by atoms with van der Waals surface area (Å²) in [4.78, 5) is 25.9. The Kier molecular flexibility index (Phi) is 3.82. The van der Waals surface area contributed by atoms with E-state index in [9.17, 15) is 9.59 Å². The smallest absolute Gasteiger partial charge is 0.326 e. The Bertz CT molecular complexity index is 685. The third-order valence-electron chi connectivity index (χ3n) is 3.62. The van der Waals surface area contributed by atoms with E-state index in [2.05, 4.69) is 15.4 Å². The van der Waals surface area contributed by atoms with Crippen LogP contribution in [0.2, 0.25) is 0 Å². The van der Waals surface area contributed by atoms with Crippen molar-refractivity contribution in [3.8, 4) is 11.4 Å². The number of likely N-dealkylation sites (tertiary alicyclic amines) is 1. The van der Waals surface area contributed by atoms with Crippen LogP contribution < -0.4 is 0 Å². The molecule has 1 fully saturated rings. The predicted molar refractivity (Wildman–Crippen MR) is 75.6 cm³/mol. The first-order valence-electron chi connectivity index (χ1n) is 7.00. The van der Waals surface area contributed by atoms with Crippen molar-refractivity contribution in [2.24, 2.45) is 0 Å². The van der Waals surface area contributed by atoms with Crippen LogP contribution in [0, 0.1) is 0 Å². The Morgan fingerprint density at radius 1 is 1.27 bits per heavy atom. The van der Waals surface area contributed by atoms with Gasteiger partial charge in [-0.2, -0.15) is 4.80 Å². The van der Waals surface area contributed by atoms with Gasteiger partial charge < -0.3 is 10.0 Å². The zero-order chi connectivity index (χ0) is 15.5. The molecule has 0 bridgehead atoms. The van der Waals surface area contributed by atoms with E-state index >= 15 is 0 Å². The number of benzene rings is 1. The second-order valence-corrected chi connectivity index (χ2v) is 5.09. The number of carbonyl (C=O) groups excluding carboxylic acids is 1. The number of carboxylic acids is 1. The van der Waals surface area contributed by atoms with E-state index in [-0.39, 0.29) is 12.5 Å². The highest BCUT2D eigenvalue weighted by Gasteiger charge is 2.34. The van der Waals surface area contributed by atoms with Gasteiger partial charge in [-0.15, -0.1) is 10.2 Å². The number of amides is 1. The Balaban J connectivity index is 1.70. The largest absolute Gasteiger partial charge is 0.480 e. The van der Waals surface area contributed by atoms with Crippen molar-refractivity contribution < 1.29 is 14.7 Å². The molecule has 2 heterocycles. The van der Waals surface area contributed by atoms with Gasteiger partial charge >= 0.3 is 5.97 Å². The molecule has 1 aromatic heterocycles. The van der Waals surface area contributed by atoms with E-state index in [1.54, 1.807) is 0 Å². The summed E-state index contributed by atoms with van der Waals surface area (Å²) in [6.45, 7) is 0.347. The summed E-state index contributed by atoms with van der Waals surface area (Å²) in [6.07, 6.45) is 1.18. The summed E-state index contributed by atoms with van der Waals surface area (Å²) in [5.74, 6) is -0.839. The molecule has 1 saturated heterocycles. The van der Waals surface area contributed by atoms with E-state index in [0.29, 0.717) is 25.2 Å². The molecular formula is C14H15N5O3. The average Bonchev–Trinajstić information content (AvgIpc) is 3.17. The van der Waals surface area contributed by atoms with Crippen LogP contribution in [0.3, 0.4) is 0 Å². The summed E-state index contributed by atoms with van der Waals surface area (Å²) in [5, 5.41) is 21.0. The molecule has 0 saturated carbocycles. The molecule has 2 aromatic rings. The predicted octanol–water partition coefficient (Wildman–Crippen LogP) is 0.416. The highest BCUT2D eigenvalue weighted by molar-refractivity contribution is 5.84. The Morgan fingerprint density at radius 2 is 2.05 bits per heavy atom. The highest BCUT2D eigenvalue weighted by Crippen LogP contribution is 2.18.